The summed E-state index contributed by atoms with van der Waals surface area (Å²) in [6.45, 7) is 3.26. The van der Waals surface area contributed by atoms with Gasteiger partial charge in [-0.05, 0) is 49.7 Å². The highest BCUT2D eigenvalue weighted by molar-refractivity contribution is 9.10. The Morgan fingerprint density at radius 3 is 2.45 bits per heavy atom. The normalized spacial score (nSPS) is 13.4. The molecule has 0 saturated heterocycles. The molecule has 3 aromatic rings. The second-order valence-corrected chi connectivity index (χ2v) is 6.82. The van der Waals surface area contributed by atoms with Gasteiger partial charge in [-0.3, -0.25) is 0 Å². The van der Waals surface area contributed by atoms with Gasteiger partial charge in [0.05, 0.1) is 13.0 Å². The van der Waals surface area contributed by atoms with Crippen LogP contribution in [0, 0.1) is 6.92 Å². The molecule has 0 fully saturated rings. The van der Waals surface area contributed by atoms with Crippen LogP contribution in [-0.4, -0.2) is 4.57 Å². The second kappa shape index (κ2) is 5.40. The number of fused-ring (bicyclic) bond motifs is 1. The van der Waals surface area contributed by atoms with Crippen LogP contribution in [0.25, 0.3) is 16.9 Å². The summed E-state index contributed by atoms with van der Waals surface area (Å²) < 4.78 is 5.93. The van der Waals surface area contributed by atoms with E-state index in [0.29, 0.717) is 0 Å². The van der Waals surface area contributed by atoms with Gasteiger partial charge in [-0.15, -0.1) is 0 Å². The summed E-state index contributed by atoms with van der Waals surface area (Å²) in [6, 6.07) is 17.4. The van der Waals surface area contributed by atoms with Crippen LogP contribution in [0.3, 0.4) is 0 Å². The number of aryl methyl sites for hydroxylation is 2. The highest BCUT2D eigenvalue weighted by Gasteiger charge is 2.29. The average Bonchev–Trinajstić information content (AvgIpc) is 3.10. The Balaban J connectivity index is 1.92. The Labute approximate surface area is 139 Å². The van der Waals surface area contributed by atoms with Crippen LogP contribution in [0.4, 0.5) is 0 Å². The number of imidazole rings is 1. The number of hydrogen-bond acceptors (Lipinski definition) is 0. The van der Waals surface area contributed by atoms with Crippen LogP contribution < -0.4 is 4.57 Å². The molecule has 0 amide bonds. The van der Waals surface area contributed by atoms with Gasteiger partial charge in [-0.2, -0.15) is 4.57 Å². The third-order valence-electron chi connectivity index (χ3n) is 4.34. The zero-order valence-corrected chi connectivity index (χ0v) is 14.2. The van der Waals surface area contributed by atoms with E-state index in [0.717, 1.165) is 17.4 Å². The van der Waals surface area contributed by atoms with E-state index in [1.807, 2.05) is 0 Å². The molecule has 2 nitrogen and oxygen atoms in total. The lowest BCUT2D eigenvalue weighted by Crippen LogP contribution is -2.30. The number of benzene rings is 2. The van der Waals surface area contributed by atoms with Crippen LogP contribution in [0.5, 0.6) is 0 Å². The summed E-state index contributed by atoms with van der Waals surface area (Å²) >= 11 is 3.52. The quantitative estimate of drug-likeness (QED) is 0.602. The topological polar surface area (TPSA) is 8.81 Å². The van der Waals surface area contributed by atoms with E-state index >= 15 is 0 Å². The maximum absolute atomic E-state index is 3.52. The molecule has 2 heterocycles. The SMILES string of the molecule is Cc1ccc(-n2c(-c3ccc(Br)cc3)c[n+]3c2CCC3)cc1. The lowest BCUT2D eigenvalue weighted by Gasteiger charge is -2.05. The Hall–Kier alpha value is -1.87. The Morgan fingerprint density at radius 1 is 1.00 bits per heavy atom. The minimum Gasteiger partial charge on any atom is -0.233 e. The van der Waals surface area contributed by atoms with Crippen molar-refractivity contribution in [3.63, 3.8) is 0 Å². The molecule has 0 atom stereocenters. The summed E-state index contributed by atoms with van der Waals surface area (Å²) in [4.78, 5) is 0. The van der Waals surface area contributed by atoms with Crippen LogP contribution in [0.2, 0.25) is 0 Å². The van der Waals surface area contributed by atoms with Crippen molar-refractivity contribution in [3.8, 4) is 16.9 Å². The van der Waals surface area contributed by atoms with Crippen molar-refractivity contribution < 1.29 is 4.57 Å². The molecule has 1 aromatic heterocycles. The first-order valence-electron chi connectivity index (χ1n) is 7.69. The molecule has 1 aliphatic heterocycles. The minimum absolute atomic E-state index is 1.12. The summed E-state index contributed by atoms with van der Waals surface area (Å²) in [5.41, 5.74) is 5.07. The van der Waals surface area contributed by atoms with E-state index in [9.17, 15) is 0 Å². The predicted molar refractivity (Wildman–Crippen MR) is 92.2 cm³/mol. The van der Waals surface area contributed by atoms with Gasteiger partial charge in [-0.1, -0.05) is 33.6 Å². The van der Waals surface area contributed by atoms with Crippen molar-refractivity contribution >= 4 is 15.9 Å². The first kappa shape index (κ1) is 13.8. The van der Waals surface area contributed by atoms with Gasteiger partial charge >= 0.3 is 0 Å². The zero-order chi connectivity index (χ0) is 15.1. The third kappa shape index (κ3) is 2.30. The first-order valence-corrected chi connectivity index (χ1v) is 8.49. The van der Waals surface area contributed by atoms with Gasteiger partial charge in [0.2, 0.25) is 0 Å². The molecule has 22 heavy (non-hydrogen) atoms. The summed E-state index contributed by atoms with van der Waals surface area (Å²) in [5.74, 6) is 1.40. The lowest BCUT2D eigenvalue weighted by atomic mass is 10.1. The summed E-state index contributed by atoms with van der Waals surface area (Å²) in [5, 5.41) is 0. The average molecular weight is 354 g/mol. The highest BCUT2D eigenvalue weighted by Crippen LogP contribution is 2.27. The number of rotatable bonds is 2. The monoisotopic (exact) mass is 353 g/mol. The van der Waals surface area contributed by atoms with Crippen LogP contribution in [-0.2, 0) is 13.0 Å². The molecule has 0 saturated carbocycles. The van der Waals surface area contributed by atoms with E-state index < -0.39 is 0 Å². The zero-order valence-electron chi connectivity index (χ0n) is 12.6. The van der Waals surface area contributed by atoms with Crippen LogP contribution in [0.15, 0.2) is 59.2 Å². The standard InChI is InChI=1S/C19H18BrN2/c1-14-4-10-17(11-5-14)22-18(13-21-12-2-3-19(21)22)15-6-8-16(20)9-7-15/h4-11,13H,2-3,12H2,1H3/q+1. The van der Waals surface area contributed by atoms with Crippen molar-refractivity contribution in [3.05, 3.63) is 70.6 Å². The molecule has 0 spiro atoms. The van der Waals surface area contributed by atoms with Crippen LogP contribution in [0.1, 0.15) is 17.8 Å². The predicted octanol–water partition coefficient (Wildman–Crippen LogP) is 4.45. The molecule has 0 N–H and O–H groups in total. The van der Waals surface area contributed by atoms with Gasteiger partial charge < -0.3 is 0 Å². The first-order chi connectivity index (χ1) is 10.7. The van der Waals surface area contributed by atoms with Crippen LogP contribution >= 0.6 is 15.9 Å². The van der Waals surface area contributed by atoms with Gasteiger partial charge in [0.1, 0.15) is 11.9 Å². The molecule has 0 radical (unpaired) electrons. The van der Waals surface area contributed by atoms with Crippen molar-refractivity contribution in [2.45, 2.75) is 26.3 Å². The summed E-state index contributed by atoms with van der Waals surface area (Å²) in [7, 11) is 0. The molecular weight excluding hydrogens is 336 g/mol. The second-order valence-electron chi connectivity index (χ2n) is 5.91. The van der Waals surface area contributed by atoms with Crippen molar-refractivity contribution in [1.29, 1.82) is 0 Å². The Bertz CT molecular complexity index is 814. The van der Waals surface area contributed by atoms with Gasteiger partial charge in [-0.25, -0.2) is 4.57 Å². The molecule has 2 aromatic carbocycles. The van der Waals surface area contributed by atoms with E-state index in [-0.39, 0.29) is 0 Å². The Morgan fingerprint density at radius 2 is 1.73 bits per heavy atom. The smallest absolute Gasteiger partial charge is 0.233 e. The molecular formula is C19H18BrN2+. The Kier molecular flexibility index (Phi) is 3.38. The third-order valence-corrected chi connectivity index (χ3v) is 4.87. The maximum Gasteiger partial charge on any atom is 0.262 e. The van der Waals surface area contributed by atoms with E-state index in [1.54, 1.807) is 0 Å². The van der Waals surface area contributed by atoms with E-state index in [1.165, 1.54) is 34.8 Å². The van der Waals surface area contributed by atoms with E-state index in [4.69, 9.17) is 0 Å². The minimum atomic E-state index is 1.12. The fourth-order valence-electron chi connectivity index (χ4n) is 3.21. The molecule has 0 unspecified atom stereocenters. The summed E-state index contributed by atoms with van der Waals surface area (Å²) in [6.07, 6.45) is 4.68. The van der Waals surface area contributed by atoms with E-state index in [2.05, 4.69) is 86.7 Å². The molecule has 0 bridgehead atoms. The number of hydrogen-bond donors (Lipinski definition) is 0. The molecule has 110 valence electrons. The fourth-order valence-corrected chi connectivity index (χ4v) is 3.47. The largest absolute Gasteiger partial charge is 0.262 e. The van der Waals surface area contributed by atoms with Gasteiger partial charge in [0.15, 0.2) is 5.69 Å². The van der Waals surface area contributed by atoms with Gasteiger partial charge in [0, 0.05) is 10.0 Å². The van der Waals surface area contributed by atoms with Crippen molar-refractivity contribution in [2.75, 3.05) is 0 Å². The maximum atomic E-state index is 3.52. The fraction of sp³-hybridized carbons (Fsp3) is 0.211. The van der Waals surface area contributed by atoms with Crippen molar-refractivity contribution in [2.24, 2.45) is 0 Å². The number of aromatic nitrogens is 2. The lowest BCUT2D eigenvalue weighted by molar-refractivity contribution is -0.689. The number of nitrogens with zero attached hydrogens (tertiary/aromatic N) is 2. The van der Waals surface area contributed by atoms with Gasteiger partial charge in [0.25, 0.3) is 5.82 Å². The highest BCUT2D eigenvalue weighted by atomic mass is 79.9. The molecule has 3 heteroatoms. The van der Waals surface area contributed by atoms with Crippen molar-refractivity contribution in [1.82, 2.24) is 4.57 Å². The molecule has 1 aliphatic rings. The molecule has 4 rings (SSSR count). The number of halogens is 1. The molecule has 0 aliphatic carbocycles.